The summed E-state index contributed by atoms with van der Waals surface area (Å²) in [5.41, 5.74) is 6.10. The number of hydrogen-bond acceptors (Lipinski definition) is 6. The van der Waals surface area contributed by atoms with Gasteiger partial charge in [0.05, 0.1) is 20.8 Å². The summed E-state index contributed by atoms with van der Waals surface area (Å²) in [5, 5.41) is 13.0. The lowest BCUT2D eigenvalue weighted by atomic mass is 9.95. The summed E-state index contributed by atoms with van der Waals surface area (Å²) in [6.45, 7) is 4.37. The molecule has 0 saturated heterocycles. The van der Waals surface area contributed by atoms with Crippen LogP contribution in [0.4, 0.5) is 0 Å². The number of nitrogens with zero attached hydrogens (tertiary/aromatic N) is 5. The minimum Gasteiger partial charge on any atom is -0.497 e. The lowest BCUT2D eigenvalue weighted by Gasteiger charge is -2.35. The molecular formula is C27H29N5O2. The van der Waals surface area contributed by atoms with Crippen LogP contribution in [0.2, 0.25) is 0 Å². The molecule has 1 unspecified atom stereocenters. The topological polar surface area (TPSA) is 65.3 Å². The first-order chi connectivity index (χ1) is 16.7. The van der Waals surface area contributed by atoms with Gasteiger partial charge in [0.1, 0.15) is 17.5 Å². The number of rotatable bonds is 7. The summed E-state index contributed by atoms with van der Waals surface area (Å²) >= 11 is 0. The first kappa shape index (κ1) is 22.1. The second-order valence-corrected chi connectivity index (χ2v) is 8.68. The van der Waals surface area contributed by atoms with Crippen LogP contribution in [0.15, 0.2) is 66.7 Å². The van der Waals surface area contributed by atoms with Gasteiger partial charge in [-0.05, 0) is 58.7 Å². The largest absolute Gasteiger partial charge is 0.497 e. The van der Waals surface area contributed by atoms with E-state index in [9.17, 15) is 0 Å². The highest BCUT2D eigenvalue weighted by molar-refractivity contribution is 5.45. The molecule has 0 aliphatic carbocycles. The maximum atomic E-state index is 5.80. The van der Waals surface area contributed by atoms with Crippen molar-refractivity contribution < 1.29 is 9.47 Å². The first-order valence-corrected chi connectivity index (χ1v) is 11.5. The molecule has 3 aromatic carbocycles. The Kier molecular flexibility index (Phi) is 6.27. The van der Waals surface area contributed by atoms with E-state index in [2.05, 4.69) is 75.9 Å². The smallest absolute Gasteiger partial charge is 0.173 e. The highest BCUT2D eigenvalue weighted by Gasteiger charge is 2.33. The summed E-state index contributed by atoms with van der Waals surface area (Å²) in [6, 6.07) is 22.8. The number of tetrazole rings is 1. The highest BCUT2D eigenvalue weighted by atomic mass is 16.5. The average molecular weight is 456 g/mol. The van der Waals surface area contributed by atoms with Gasteiger partial charge >= 0.3 is 0 Å². The van der Waals surface area contributed by atoms with E-state index in [-0.39, 0.29) is 6.04 Å². The molecule has 0 amide bonds. The van der Waals surface area contributed by atoms with E-state index in [0.717, 1.165) is 48.0 Å². The van der Waals surface area contributed by atoms with E-state index >= 15 is 0 Å². The Morgan fingerprint density at radius 3 is 2.50 bits per heavy atom. The van der Waals surface area contributed by atoms with E-state index in [4.69, 9.17) is 9.47 Å². The molecule has 34 heavy (non-hydrogen) atoms. The minimum atomic E-state index is -0.196. The monoisotopic (exact) mass is 455 g/mol. The Labute approximate surface area is 199 Å². The Bertz CT molecular complexity index is 1270. The number of fused-ring (bicyclic) bond motifs is 1. The number of hydrogen-bond donors (Lipinski definition) is 0. The SMILES string of the molecule is COc1ccc(OC)c(C(c2nnnn2Cc2ccc(C)cc2)N2CCc3ccccc3C2)c1. The maximum Gasteiger partial charge on any atom is 0.173 e. The molecule has 1 aliphatic rings. The van der Waals surface area contributed by atoms with Gasteiger partial charge in [-0.3, -0.25) is 4.90 Å². The molecule has 1 atom stereocenters. The Balaban J connectivity index is 1.59. The van der Waals surface area contributed by atoms with Crippen molar-refractivity contribution in [1.82, 2.24) is 25.1 Å². The fourth-order valence-corrected chi connectivity index (χ4v) is 4.68. The molecule has 0 fully saturated rings. The number of ether oxygens (including phenoxy) is 2. The maximum absolute atomic E-state index is 5.80. The van der Waals surface area contributed by atoms with Gasteiger partial charge in [-0.15, -0.1) is 5.10 Å². The standard InChI is InChI=1S/C27H29N5O2/c1-19-8-10-20(11-9-19)17-32-27(28-29-30-32)26(24-16-23(33-2)12-13-25(24)34-3)31-15-14-21-6-4-5-7-22(21)18-31/h4-13,16,26H,14-15,17-18H2,1-3H3. The van der Waals surface area contributed by atoms with E-state index in [1.807, 2.05) is 22.9 Å². The van der Waals surface area contributed by atoms with E-state index in [1.165, 1.54) is 16.7 Å². The van der Waals surface area contributed by atoms with Crippen LogP contribution in [0.5, 0.6) is 11.5 Å². The molecule has 0 saturated carbocycles. The second kappa shape index (κ2) is 9.65. The summed E-state index contributed by atoms with van der Waals surface area (Å²) < 4.78 is 13.3. The van der Waals surface area contributed by atoms with Crippen LogP contribution in [0.25, 0.3) is 0 Å². The summed E-state index contributed by atoms with van der Waals surface area (Å²) in [5.74, 6) is 2.34. The Morgan fingerprint density at radius 1 is 0.941 bits per heavy atom. The van der Waals surface area contributed by atoms with Crippen LogP contribution in [-0.2, 0) is 19.5 Å². The van der Waals surface area contributed by atoms with Crippen molar-refractivity contribution in [3.05, 3.63) is 100 Å². The van der Waals surface area contributed by atoms with E-state index < -0.39 is 0 Å². The number of aromatic nitrogens is 4. The molecule has 0 spiro atoms. The van der Waals surface area contributed by atoms with E-state index in [1.54, 1.807) is 14.2 Å². The van der Waals surface area contributed by atoms with Gasteiger partial charge in [-0.25, -0.2) is 4.68 Å². The molecule has 4 aromatic rings. The number of benzene rings is 3. The van der Waals surface area contributed by atoms with Gasteiger partial charge in [-0.2, -0.15) is 0 Å². The van der Waals surface area contributed by atoms with Gasteiger partial charge in [0.15, 0.2) is 5.82 Å². The molecular weight excluding hydrogens is 426 g/mol. The normalized spacial score (nSPS) is 14.4. The molecule has 7 nitrogen and oxygen atoms in total. The van der Waals surface area contributed by atoms with Crippen LogP contribution in [-0.4, -0.2) is 45.9 Å². The molecule has 0 bridgehead atoms. The number of methoxy groups -OCH3 is 2. The van der Waals surface area contributed by atoms with Gasteiger partial charge in [0, 0.05) is 18.7 Å². The Morgan fingerprint density at radius 2 is 1.74 bits per heavy atom. The first-order valence-electron chi connectivity index (χ1n) is 11.5. The van der Waals surface area contributed by atoms with Gasteiger partial charge in [0.2, 0.25) is 0 Å². The highest BCUT2D eigenvalue weighted by Crippen LogP contribution is 2.38. The van der Waals surface area contributed by atoms with Crippen LogP contribution in [0.3, 0.4) is 0 Å². The molecule has 7 heteroatoms. The van der Waals surface area contributed by atoms with Crippen molar-refractivity contribution in [1.29, 1.82) is 0 Å². The van der Waals surface area contributed by atoms with Crippen molar-refractivity contribution in [3.63, 3.8) is 0 Å². The quantitative estimate of drug-likeness (QED) is 0.416. The fraction of sp³-hybridized carbons (Fsp3) is 0.296. The van der Waals surface area contributed by atoms with Crippen LogP contribution in [0, 0.1) is 6.92 Å². The van der Waals surface area contributed by atoms with Crippen molar-refractivity contribution in [3.8, 4) is 11.5 Å². The predicted molar refractivity (Wildman–Crippen MR) is 130 cm³/mol. The van der Waals surface area contributed by atoms with Crippen molar-refractivity contribution in [2.75, 3.05) is 20.8 Å². The number of aryl methyl sites for hydroxylation is 1. The lowest BCUT2D eigenvalue weighted by Crippen LogP contribution is -2.36. The van der Waals surface area contributed by atoms with Crippen molar-refractivity contribution >= 4 is 0 Å². The third-order valence-corrected chi connectivity index (χ3v) is 6.51. The van der Waals surface area contributed by atoms with E-state index in [0.29, 0.717) is 6.54 Å². The van der Waals surface area contributed by atoms with Gasteiger partial charge in [-0.1, -0.05) is 54.1 Å². The summed E-state index contributed by atoms with van der Waals surface area (Å²) in [4.78, 5) is 2.43. The zero-order valence-electron chi connectivity index (χ0n) is 19.8. The van der Waals surface area contributed by atoms with Gasteiger partial charge in [0.25, 0.3) is 0 Å². The zero-order chi connectivity index (χ0) is 23.5. The molecule has 174 valence electrons. The molecule has 0 radical (unpaired) electrons. The summed E-state index contributed by atoms with van der Waals surface area (Å²) in [7, 11) is 3.38. The molecule has 1 aromatic heterocycles. The average Bonchev–Trinajstić information content (AvgIpc) is 3.33. The molecule has 0 N–H and O–H groups in total. The third-order valence-electron chi connectivity index (χ3n) is 6.51. The zero-order valence-corrected chi connectivity index (χ0v) is 19.8. The van der Waals surface area contributed by atoms with Crippen LogP contribution >= 0.6 is 0 Å². The fourth-order valence-electron chi connectivity index (χ4n) is 4.68. The molecule has 2 heterocycles. The summed E-state index contributed by atoms with van der Waals surface area (Å²) in [6.07, 6.45) is 0.971. The van der Waals surface area contributed by atoms with Crippen LogP contribution in [0.1, 0.15) is 39.7 Å². The molecule has 5 rings (SSSR count). The van der Waals surface area contributed by atoms with Gasteiger partial charge < -0.3 is 9.47 Å². The van der Waals surface area contributed by atoms with Crippen molar-refractivity contribution in [2.24, 2.45) is 0 Å². The Hall–Kier alpha value is -3.71. The lowest BCUT2D eigenvalue weighted by molar-refractivity contribution is 0.191. The predicted octanol–water partition coefficient (Wildman–Crippen LogP) is 4.19. The minimum absolute atomic E-state index is 0.196. The van der Waals surface area contributed by atoms with Crippen LogP contribution < -0.4 is 9.47 Å². The second-order valence-electron chi connectivity index (χ2n) is 8.68. The van der Waals surface area contributed by atoms with Crippen molar-refractivity contribution in [2.45, 2.75) is 32.5 Å². The third kappa shape index (κ3) is 4.39. The molecule has 1 aliphatic heterocycles.